The van der Waals surface area contributed by atoms with Crippen LogP contribution in [-0.4, -0.2) is 17.7 Å². The number of hydrogen-bond acceptors (Lipinski definition) is 4. The molecule has 1 aliphatic heterocycles. The fraction of sp³-hybridized carbons (Fsp3) is 0.0800. The highest BCUT2D eigenvalue weighted by molar-refractivity contribution is 6.53. The number of nitrogens with zero attached hydrogens (tertiary/aromatic N) is 1. The summed E-state index contributed by atoms with van der Waals surface area (Å²) < 4.78 is 38.9. The van der Waals surface area contributed by atoms with E-state index < -0.39 is 29.5 Å². The normalized spacial score (nSPS) is 13.9. The molecule has 4 rings (SSSR count). The van der Waals surface area contributed by atoms with Gasteiger partial charge in [-0.2, -0.15) is 13.2 Å². The van der Waals surface area contributed by atoms with Crippen molar-refractivity contribution in [3.63, 3.8) is 0 Å². The van der Waals surface area contributed by atoms with E-state index in [0.717, 1.165) is 23.1 Å². The molecule has 0 spiro atoms. The lowest BCUT2D eigenvalue weighted by molar-refractivity contribution is -0.137. The van der Waals surface area contributed by atoms with Gasteiger partial charge in [-0.15, -0.1) is 0 Å². The Hall–Kier alpha value is -3.53. The second-order valence-electron chi connectivity index (χ2n) is 7.87. The van der Waals surface area contributed by atoms with Gasteiger partial charge in [-0.1, -0.05) is 40.9 Å². The summed E-state index contributed by atoms with van der Waals surface area (Å²) in [5, 5.41) is 5.10. The summed E-state index contributed by atoms with van der Waals surface area (Å²) in [6.07, 6.45) is -4.60. The summed E-state index contributed by atoms with van der Waals surface area (Å²) in [6, 6.07) is 13.0. The van der Waals surface area contributed by atoms with Gasteiger partial charge in [-0.05, 0) is 67.1 Å². The Balaban J connectivity index is 1.50. The van der Waals surface area contributed by atoms with Crippen LogP contribution < -0.4 is 15.5 Å². The zero-order chi connectivity index (χ0) is 27.1. The summed E-state index contributed by atoms with van der Waals surface area (Å²) in [5.41, 5.74) is -0.0944. The summed E-state index contributed by atoms with van der Waals surface area (Å²) in [6.45, 7) is 1.66. The molecule has 6 nitrogen and oxygen atoms in total. The van der Waals surface area contributed by atoms with Crippen LogP contribution in [0.1, 0.15) is 21.5 Å². The fourth-order valence-corrected chi connectivity index (χ4v) is 4.06. The first-order chi connectivity index (χ1) is 17.4. The van der Waals surface area contributed by atoms with Gasteiger partial charge in [0.15, 0.2) is 0 Å². The zero-order valence-electron chi connectivity index (χ0n) is 18.7. The average molecular weight is 569 g/mol. The van der Waals surface area contributed by atoms with Crippen LogP contribution in [0.3, 0.4) is 0 Å². The Kier molecular flexibility index (Phi) is 7.23. The number of rotatable bonds is 5. The molecule has 3 amide bonds. The smallest absolute Gasteiger partial charge is 0.350 e. The monoisotopic (exact) mass is 567 g/mol. The van der Waals surface area contributed by atoms with Crippen molar-refractivity contribution in [2.75, 3.05) is 15.5 Å². The molecule has 3 aromatic carbocycles. The number of halogens is 6. The van der Waals surface area contributed by atoms with E-state index in [1.807, 2.05) is 0 Å². The van der Waals surface area contributed by atoms with E-state index in [2.05, 4.69) is 10.6 Å². The third kappa shape index (κ3) is 5.29. The van der Waals surface area contributed by atoms with E-state index in [9.17, 15) is 27.6 Å². The first kappa shape index (κ1) is 26.5. The third-order valence-corrected chi connectivity index (χ3v) is 6.56. The minimum atomic E-state index is -4.60. The van der Waals surface area contributed by atoms with Crippen molar-refractivity contribution in [2.24, 2.45) is 0 Å². The Morgan fingerprint density at radius 3 is 2.22 bits per heavy atom. The molecular weight excluding hydrogens is 554 g/mol. The Morgan fingerprint density at radius 2 is 1.57 bits per heavy atom. The minimum Gasteiger partial charge on any atom is -0.350 e. The van der Waals surface area contributed by atoms with Crippen molar-refractivity contribution < 1.29 is 27.6 Å². The van der Waals surface area contributed by atoms with Gasteiger partial charge in [0.2, 0.25) is 0 Å². The molecule has 190 valence electrons. The van der Waals surface area contributed by atoms with Crippen molar-refractivity contribution in [3.05, 3.63) is 98.1 Å². The zero-order valence-corrected chi connectivity index (χ0v) is 21.0. The molecule has 1 heterocycles. The van der Waals surface area contributed by atoms with E-state index in [1.165, 1.54) is 24.3 Å². The molecule has 0 bridgehead atoms. The van der Waals surface area contributed by atoms with E-state index in [4.69, 9.17) is 34.8 Å². The molecule has 2 N–H and O–H groups in total. The molecule has 37 heavy (non-hydrogen) atoms. The van der Waals surface area contributed by atoms with Gasteiger partial charge in [0, 0.05) is 16.3 Å². The van der Waals surface area contributed by atoms with Gasteiger partial charge in [0.05, 0.1) is 22.0 Å². The molecule has 3 aromatic rings. The number of carbonyl (C=O) groups is 3. The van der Waals surface area contributed by atoms with E-state index in [0.29, 0.717) is 16.3 Å². The number of alkyl halides is 3. The van der Waals surface area contributed by atoms with Crippen molar-refractivity contribution in [1.82, 2.24) is 0 Å². The quantitative estimate of drug-likeness (QED) is 0.325. The molecule has 0 saturated heterocycles. The summed E-state index contributed by atoms with van der Waals surface area (Å²) in [4.78, 5) is 39.2. The van der Waals surface area contributed by atoms with Gasteiger partial charge in [-0.3, -0.25) is 14.4 Å². The second kappa shape index (κ2) is 10.1. The van der Waals surface area contributed by atoms with Crippen molar-refractivity contribution in [2.45, 2.75) is 13.1 Å². The Labute approximate surface area is 223 Å². The number of nitrogens with one attached hydrogen (secondary N) is 2. The first-order valence-electron chi connectivity index (χ1n) is 10.5. The van der Waals surface area contributed by atoms with E-state index in [-0.39, 0.29) is 32.7 Å². The fourth-order valence-electron chi connectivity index (χ4n) is 3.51. The van der Waals surface area contributed by atoms with Crippen molar-refractivity contribution in [3.8, 4) is 0 Å². The van der Waals surface area contributed by atoms with Crippen LogP contribution in [0.25, 0.3) is 0 Å². The minimum absolute atomic E-state index is 0.0647. The highest BCUT2D eigenvalue weighted by atomic mass is 35.5. The standard InChI is InChI=1S/C25H15Cl3F3N3O3/c1-12-16(26)3-2-4-19(12)34-23(36)20(28)21(24(34)37)32-15-8-5-13(6-9-15)22(35)33-18-11-14(25(29,30)31)7-10-17(18)27/h2-11,32H,1H3,(H,33,35). The maximum absolute atomic E-state index is 13.0. The first-order valence-corrected chi connectivity index (χ1v) is 11.6. The van der Waals surface area contributed by atoms with Crippen LogP contribution in [0, 0.1) is 6.92 Å². The topological polar surface area (TPSA) is 78.5 Å². The SMILES string of the molecule is Cc1c(Cl)cccc1N1C(=O)C(Cl)=C(Nc2ccc(C(=O)Nc3cc(C(F)(F)F)ccc3Cl)cc2)C1=O. The van der Waals surface area contributed by atoms with Crippen molar-refractivity contribution >= 4 is 69.6 Å². The summed E-state index contributed by atoms with van der Waals surface area (Å²) in [5.74, 6) is -2.13. The maximum Gasteiger partial charge on any atom is 0.416 e. The van der Waals surface area contributed by atoms with Gasteiger partial charge in [0.25, 0.3) is 17.7 Å². The maximum atomic E-state index is 13.0. The van der Waals surface area contributed by atoms with E-state index in [1.54, 1.807) is 25.1 Å². The van der Waals surface area contributed by atoms with Crippen LogP contribution in [0.15, 0.2) is 71.4 Å². The number of benzene rings is 3. The average Bonchev–Trinajstić information content (AvgIpc) is 3.05. The lowest BCUT2D eigenvalue weighted by atomic mass is 10.1. The molecule has 0 atom stereocenters. The van der Waals surface area contributed by atoms with Gasteiger partial charge >= 0.3 is 6.18 Å². The lowest BCUT2D eigenvalue weighted by Crippen LogP contribution is -2.32. The second-order valence-corrected chi connectivity index (χ2v) is 9.06. The number of anilines is 3. The van der Waals surface area contributed by atoms with Gasteiger partial charge in [-0.25, -0.2) is 4.90 Å². The van der Waals surface area contributed by atoms with Crippen LogP contribution in [-0.2, 0) is 15.8 Å². The predicted octanol–water partition coefficient (Wildman–Crippen LogP) is 7.01. The molecule has 0 aromatic heterocycles. The molecule has 0 unspecified atom stereocenters. The molecule has 0 fully saturated rings. The molecule has 0 radical (unpaired) electrons. The molecule has 12 heteroatoms. The van der Waals surface area contributed by atoms with Crippen LogP contribution in [0.4, 0.5) is 30.2 Å². The Bertz CT molecular complexity index is 1470. The van der Waals surface area contributed by atoms with Crippen LogP contribution >= 0.6 is 34.8 Å². The lowest BCUT2D eigenvalue weighted by Gasteiger charge is -2.18. The number of hydrogen-bond donors (Lipinski definition) is 2. The highest BCUT2D eigenvalue weighted by Gasteiger charge is 2.39. The predicted molar refractivity (Wildman–Crippen MR) is 136 cm³/mol. The van der Waals surface area contributed by atoms with Crippen LogP contribution in [0.2, 0.25) is 10.0 Å². The Morgan fingerprint density at radius 1 is 0.892 bits per heavy atom. The summed E-state index contributed by atoms with van der Waals surface area (Å²) >= 11 is 18.2. The largest absolute Gasteiger partial charge is 0.416 e. The van der Waals surface area contributed by atoms with Crippen LogP contribution in [0.5, 0.6) is 0 Å². The molecule has 0 saturated carbocycles. The number of amides is 3. The molecule has 0 aliphatic carbocycles. The van der Waals surface area contributed by atoms with Gasteiger partial charge in [0.1, 0.15) is 10.7 Å². The highest BCUT2D eigenvalue weighted by Crippen LogP contribution is 2.35. The number of imide groups is 1. The summed E-state index contributed by atoms with van der Waals surface area (Å²) in [7, 11) is 0. The van der Waals surface area contributed by atoms with Crippen molar-refractivity contribution in [1.29, 1.82) is 0 Å². The molecular formula is C25H15Cl3F3N3O3. The van der Waals surface area contributed by atoms with Gasteiger partial charge < -0.3 is 10.6 Å². The van der Waals surface area contributed by atoms with E-state index >= 15 is 0 Å². The molecule has 1 aliphatic rings. The number of carbonyl (C=O) groups excluding carboxylic acids is 3. The third-order valence-electron chi connectivity index (χ3n) is 5.47.